The van der Waals surface area contributed by atoms with Crippen LogP contribution >= 0.6 is 0 Å². The zero-order valence-corrected chi connectivity index (χ0v) is 13.3. The number of H-pyrrole nitrogens is 1. The second-order valence-corrected chi connectivity index (χ2v) is 7.99. The molecule has 4 heteroatoms. The van der Waals surface area contributed by atoms with Crippen LogP contribution in [-0.2, 0) is 0 Å². The van der Waals surface area contributed by atoms with E-state index in [1.54, 1.807) is 12.1 Å². The number of rotatable bonds is 2. The van der Waals surface area contributed by atoms with Gasteiger partial charge in [-0.05, 0) is 42.2 Å². The Morgan fingerprint density at radius 2 is 1.86 bits per heavy atom. The predicted molar refractivity (Wildman–Crippen MR) is 81.4 cm³/mol. The van der Waals surface area contributed by atoms with Gasteiger partial charge in [0.15, 0.2) is 5.78 Å². The van der Waals surface area contributed by atoms with E-state index in [1.807, 2.05) is 4.90 Å². The zero-order chi connectivity index (χ0) is 15.4. The summed E-state index contributed by atoms with van der Waals surface area (Å²) in [6.45, 7) is 9.23. The first-order valence-electron chi connectivity index (χ1n) is 7.70. The number of fused-ring (bicyclic) bond motifs is 2. The second-order valence-electron chi connectivity index (χ2n) is 7.99. The molecule has 0 radical (unpaired) electrons. The molecule has 1 saturated carbocycles. The zero-order valence-electron chi connectivity index (χ0n) is 13.3. The van der Waals surface area contributed by atoms with Crippen molar-refractivity contribution < 1.29 is 9.59 Å². The molecule has 4 nitrogen and oxygen atoms in total. The van der Waals surface area contributed by atoms with Crippen molar-refractivity contribution in [1.29, 1.82) is 0 Å². The second kappa shape index (κ2) is 4.46. The Bertz CT molecular complexity index is 602. The van der Waals surface area contributed by atoms with E-state index >= 15 is 0 Å². The predicted octanol–water partition coefficient (Wildman–Crippen LogP) is 3.26. The minimum Gasteiger partial charge on any atom is -0.348 e. The number of aromatic nitrogens is 1. The summed E-state index contributed by atoms with van der Waals surface area (Å²) in [6.07, 6.45) is 3.33. The molecule has 1 aliphatic heterocycles. The average Bonchev–Trinajstić information content (AvgIpc) is 2.90. The Labute approximate surface area is 125 Å². The summed E-state index contributed by atoms with van der Waals surface area (Å²) in [5.74, 6) is -0.00349. The monoisotopic (exact) mass is 288 g/mol. The van der Waals surface area contributed by atoms with Crippen LogP contribution in [0.1, 0.15) is 67.9 Å². The van der Waals surface area contributed by atoms with Crippen LogP contribution in [0, 0.1) is 10.8 Å². The highest BCUT2D eigenvalue weighted by Crippen LogP contribution is 2.52. The van der Waals surface area contributed by atoms with Crippen LogP contribution in [-0.4, -0.2) is 34.2 Å². The molecular weight excluding hydrogens is 264 g/mol. The van der Waals surface area contributed by atoms with E-state index in [2.05, 4.69) is 25.8 Å². The van der Waals surface area contributed by atoms with Crippen molar-refractivity contribution in [3.63, 3.8) is 0 Å². The molecule has 0 aromatic carbocycles. The van der Waals surface area contributed by atoms with Gasteiger partial charge < -0.3 is 9.88 Å². The van der Waals surface area contributed by atoms with E-state index in [1.165, 1.54) is 13.3 Å². The molecule has 1 saturated heterocycles. The van der Waals surface area contributed by atoms with Gasteiger partial charge in [0, 0.05) is 19.5 Å². The summed E-state index contributed by atoms with van der Waals surface area (Å²) in [6, 6.07) is 3.76. The van der Waals surface area contributed by atoms with E-state index in [0.29, 0.717) is 22.8 Å². The largest absolute Gasteiger partial charge is 0.348 e. The molecular formula is C17H24N2O2. The number of hydrogen-bond acceptors (Lipinski definition) is 2. The molecule has 2 atom stereocenters. The van der Waals surface area contributed by atoms with Crippen molar-refractivity contribution in [3.8, 4) is 0 Å². The molecule has 2 unspecified atom stereocenters. The topological polar surface area (TPSA) is 53.2 Å². The van der Waals surface area contributed by atoms with Crippen molar-refractivity contribution in [2.24, 2.45) is 10.8 Å². The third kappa shape index (κ3) is 2.52. The lowest BCUT2D eigenvalue weighted by Gasteiger charge is -2.39. The molecule has 114 valence electrons. The van der Waals surface area contributed by atoms with E-state index in [4.69, 9.17) is 0 Å². The van der Waals surface area contributed by atoms with Gasteiger partial charge in [0.2, 0.25) is 0 Å². The molecule has 1 amide bonds. The third-order valence-electron chi connectivity index (χ3n) is 4.97. The van der Waals surface area contributed by atoms with Gasteiger partial charge in [0.05, 0.1) is 5.69 Å². The minimum absolute atomic E-state index is 0.0360. The summed E-state index contributed by atoms with van der Waals surface area (Å²) in [7, 11) is 0. The van der Waals surface area contributed by atoms with Crippen molar-refractivity contribution in [2.45, 2.75) is 53.0 Å². The number of carbonyl (C=O) groups is 2. The van der Waals surface area contributed by atoms with E-state index in [0.717, 1.165) is 19.4 Å². The first kappa shape index (κ1) is 14.4. The lowest BCUT2D eigenvalue weighted by atomic mass is 9.65. The number of hydrogen-bond donors (Lipinski definition) is 1. The van der Waals surface area contributed by atoms with Crippen molar-refractivity contribution >= 4 is 11.7 Å². The van der Waals surface area contributed by atoms with Gasteiger partial charge in [-0.3, -0.25) is 9.59 Å². The Balaban J connectivity index is 1.84. The molecule has 2 heterocycles. The van der Waals surface area contributed by atoms with E-state index in [-0.39, 0.29) is 17.1 Å². The Morgan fingerprint density at radius 3 is 2.48 bits per heavy atom. The molecule has 21 heavy (non-hydrogen) atoms. The van der Waals surface area contributed by atoms with Crippen LogP contribution in [0.25, 0.3) is 0 Å². The summed E-state index contributed by atoms with van der Waals surface area (Å²) in [4.78, 5) is 29.1. The highest BCUT2D eigenvalue weighted by atomic mass is 16.2. The fraction of sp³-hybridized carbons (Fsp3) is 0.647. The van der Waals surface area contributed by atoms with Gasteiger partial charge in [-0.15, -0.1) is 0 Å². The minimum atomic E-state index is -0.0395. The average molecular weight is 288 g/mol. The standard InChI is InChI=1S/C17H24N2O2/c1-11(20)13-5-6-14(18-13)15(21)19-10-17(4)8-12(19)7-16(2,3)9-17/h5-6,12,18H,7-10H2,1-4H3. The lowest BCUT2D eigenvalue weighted by Crippen LogP contribution is -2.37. The first-order chi connectivity index (χ1) is 9.69. The molecule has 1 aromatic rings. The SMILES string of the molecule is CC(=O)c1ccc(C(=O)N2CC3(C)CC2CC(C)(C)C3)[nH]1. The summed E-state index contributed by atoms with van der Waals surface area (Å²) in [5.41, 5.74) is 1.58. The normalized spacial score (nSPS) is 30.5. The van der Waals surface area contributed by atoms with Crippen LogP contribution in [0.2, 0.25) is 0 Å². The number of aromatic amines is 1. The molecule has 1 aliphatic carbocycles. The molecule has 2 aliphatic rings. The van der Waals surface area contributed by atoms with Crippen molar-refractivity contribution in [3.05, 3.63) is 23.5 Å². The highest BCUT2D eigenvalue weighted by molar-refractivity contribution is 5.97. The summed E-state index contributed by atoms with van der Waals surface area (Å²) < 4.78 is 0. The number of carbonyl (C=O) groups excluding carboxylic acids is 2. The quantitative estimate of drug-likeness (QED) is 0.849. The summed E-state index contributed by atoms with van der Waals surface area (Å²) >= 11 is 0. The van der Waals surface area contributed by atoms with E-state index in [9.17, 15) is 9.59 Å². The first-order valence-corrected chi connectivity index (χ1v) is 7.70. The maximum atomic E-state index is 12.8. The van der Waals surface area contributed by atoms with Gasteiger partial charge in [-0.25, -0.2) is 0 Å². The Kier molecular flexibility index (Phi) is 3.05. The van der Waals surface area contributed by atoms with Crippen molar-refractivity contribution in [2.75, 3.05) is 6.54 Å². The van der Waals surface area contributed by atoms with Crippen molar-refractivity contribution in [1.82, 2.24) is 9.88 Å². The number of likely N-dealkylation sites (tertiary alicyclic amines) is 1. The Morgan fingerprint density at radius 1 is 1.19 bits per heavy atom. The van der Waals surface area contributed by atoms with Gasteiger partial charge in [0.25, 0.3) is 5.91 Å². The van der Waals surface area contributed by atoms with Crippen LogP contribution in [0.3, 0.4) is 0 Å². The Hall–Kier alpha value is -1.58. The summed E-state index contributed by atoms with van der Waals surface area (Å²) in [5, 5.41) is 0. The fourth-order valence-corrected chi connectivity index (χ4v) is 4.58. The highest BCUT2D eigenvalue weighted by Gasteiger charge is 2.51. The van der Waals surface area contributed by atoms with Gasteiger partial charge >= 0.3 is 0 Å². The number of amides is 1. The van der Waals surface area contributed by atoms with E-state index < -0.39 is 0 Å². The maximum absolute atomic E-state index is 12.8. The molecule has 1 aromatic heterocycles. The van der Waals surface area contributed by atoms with Crippen LogP contribution in [0.15, 0.2) is 12.1 Å². The fourth-order valence-electron chi connectivity index (χ4n) is 4.58. The molecule has 3 rings (SSSR count). The lowest BCUT2D eigenvalue weighted by molar-refractivity contribution is 0.0703. The van der Waals surface area contributed by atoms with Crippen LogP contribution < -0.4 is 0 Å². The molecule has 2 bridgehead atoms. The van der Waals surface area contributed by atoms with Gasteiger partial charge in [-0.2, -0.15) is 0 Å². The smallest absolute Gasteiger partial charge is 0.270 e. The van der Waals surface area contributed by atoms with Crippen LogP contribution in [0.5, 0.6) is 0 Å². The molecule has 0 spiro atoms. The third-order valence-corrected chi connectivity index (χ3v) is 4.97. The maximum Gasteiger partial charge on any atom is 0.270 e. The van der Waals surface area contributed by atoms with Gasteiger partial charge in [0.1, 0.15) is 5.69 Å². The number of nitrogens with zero attached hydrogens (tertiary/aromatic N) is 1. The number of Topliss-reactive ketones (excluding diaryl/α,β-unsaturated/α-hetero) is 1. The molecule has 2 fully saturated rings. The number of nitrogens with one attached hydrogen (secondary N) is 1. The number of ketones is 1. The van der Waals surface area contributed by atoms with Gasteiger partial charge in [-0.1, -0.05) is 20.8 Å². The van der Waals surface area contributed by atoms with Crippen LogP contribution in [0.4, 0.5) is 0 Å². The molecule has 1 N–H and O–H groups in total.